The monoisotopic (exact) mass is 217 g/mol. The lowest BCUT2D eigenvalue weighted by Gasteiger charge is -1.59. The van der Waals surface area contributed by atoms with E-state index in [2.05, 4.69) is 0 Å². The Bertz CT molecular complexity index is 108. The van der Waals surface area contributed by atoms with Gasteiger partial charge in [0.05, 0.1) is 0 Å². The zero-order valence-electron chi connectivity index (χ0n) is 6.26. The molecule has 13 heavy (non-hydrogen) atoms. The van der Waals surface area contributed by atoms with Crippen molar-refractivity contribution in [3.63, 3.8) is 0 Å². The van der Waals surface area contributed by atoms with Crippen LogP contribution in [0.1, 0.15) is 0 Å². The fraction of sp³-hybridized carbons (Fsp3) is 0. The van der Waals surface area contributed by atoms with E-state index in [0.717, 1.165) is 0 Å². The molecule has 0 rings (SSSR count). The summed E-state index contributed by atoms with van der Waals surface area (Å²) in [5, 5.41) is 31.1. The molecule has 0 bridgehead atoms. The molecule has 0 atom stereocenters. The Kier molecular flexibility index (Phi) is 89.2. The van der Waals surface area contributed by atoms with Gasteiger partial charge in [0.15, 0.2) is 16.0 Å². The van der Waals surface area contributed by atoms with Crippen LogP contribution >= 0.6 is 0 Å². The third kappa shape index (κ3) is 138. The van der Waals surface area contributed by atoms with Crippen LogP contribution in [0, 0.1) is 14.7 Å². The Morgan fingerprint density at radius 2 is 0.923 bits per heavy atom. The Morgan fingerprint density at radius 3 is 0.923 bits per heavy atom. The van der Waals surface area contributed by atoms with E-state index < -0.39 is 5.59 Å². The number of nitrogens with zero attached hydrogens (tertiary/aromatic N) is 3. The quantitative estimate of drug-likeness (QED) is 0.236. The van der Waals surface area contributed by atoms with Gasteiger partial charge in [0.2, 0.25) is 0 Å². The van der Waals surface area contributed by atoms with Gasteiger partial charge >= 0.3 is 0 Å². The van der Waals surface area contributed by atoms with Crippen molar-refractivity contribution in [1.82, 2.24) is 0 Å². The second-order valence-electron chi connectivity index (χ2n) is 0.764. The summed E-state index contributed by atoms with van der Waals surface area (Å²) < 4.78 is 0. The Balaban J connectivity index is -0.0000000420. The maximum atomic E-state index is 9.06. The fourth-order valence-electron chi connectivity index (χ4n) is 0. The van der Waals surface area contributed by atoms with Gasteiger partial charge in [-0.05, 0) is 0 Å². The van der Waals surface area contributed by atoms with E-state index in [1.54, 1.807) is 0 Å². The first-order chi connectivity index (χ1) is 5.97. The van der Waals surface area contributed by atoms with E-state index >= 15 is 0 Å². The van der Waals surface area contributed by atoms with Crippen molar-refractivity contribution in [2.75, 3.05) is 0 Å². The Morgan fingerprint density at radius 1 is 0.923 bits per heavy atom. The van der Waals surface area contributed by atoms with Crippen LogP contribution in [-0.2, 0) is 0 Å². The Labute approximate surface area is 73.2 Å². The normalized spacial score (nSPS) is 4.92. The second-order valence-corrected chi connectivity index (χ2v) is 1.62. The summed E-state index contributed by atoms with van der Waals surface area (Å²) in [5.74, 6) is 0. The summed E-state index contributed by atoms with van der Waals surface area (Å²) >= 11 is 0. The van der Waals surface area contributed by atoms with E-state index in [1.807, 2.05) is 0 Å². The summed E-state index contributed by atoms with van der Waals surface area (Å²) in [6.45, 7) is 0. The highest BCUT2D eigenvalue weighted by atomic mass is 28.1. The van der Waals surface area contributed by atoms with Crippen LogP contribution < -0.4 is 0 Å². The van der Waals surface area contributed by atoms with E-state index in [9.17, 15) is 0 Å². The third-order valence-corrected chi connectivity index (χ3v) is 0. The molecule has 0 aromatic heterocycles. The van der Waals surface area contributed by atoms with Gasteiger partial charge in [-0.15, -0.1) is 14.7 Å². The van der Waals surface area contributed by atoms with Crippen LogP contribution in [-0.4, -0.2) is 36.6 Å². The van der Waals surface area contributed by atoms with Gasteiger partial charge in [-0.3, -0.25) is 4.79 Å². The first-order valence-electron chi connectivity index (χ1n) is 2.08. The van der Waals surface area contributed by atoms with Crippen LogP contribution in [0.4, 0.5) is 4.79 Å². The highest BCUT2D eigenvalue weighted by molar-refractivity contribution is 6.54. The molecule has 4 N–H and O–H groups in total. The molecule has 0 fully saturated rings. The molecule has 78 valence electrons. The molecular formula is CH7N3O8Si. The number of hydrogen-bond acceptors (Lipinski definition) is 7. The maximum Gasteiger partial charge on any atom is 0.257 e. The van der Waals surface area contributed by atoms with Gasteiger partial charge < -0.3 is 20.7 Å². The minimum absolute atomic E-state index is 0.265. The second kappa shape index (κ2) is 51.7. The molecule has 0 radical (unpaired) electrons. The van der Waals surface area contributed by atoms with Crippen molar-refractivity contribution in [2.24, 2.45) is 16.0 Å². The molecule has 0 heterocycles. The molecule has 0 amide bonds. The molecule has 0 spiro atoms. The summed E-state index contributed by atoms with van der Waals surface area (Å²) in [5.41, 5.74) is -0.694. The first kappa shape index (κ1) is 22.4. The van der Waals surface area contributed by atoms with Crippen LogP contribution in [0.25, 0.3) is 0 Å². The number of carboxylic acid groups (broad SMARTS) is 1. The summed E-state index contributed by atoms with van der Waals surface area (Å²) in [7, 11) is 0.265. The van der Waals surface area contributed by atoms with Gasteiger partial charge in [-0.1, -0.05) is 0 Å². The lowest BCUT2D eigenvalue weighted by Crippen LogP contribution is -1.83. The van der Waals surface area contributed by atoms with Gasteiger partial charge in [-0.25, -0.2) is 0 Å². The van der Waals surface area contributed by atoms with Crippen LogP contribution in [0.5, 0.6) is 0 Å². The van der Waals surface area contributed by atoms with Crippen molar-refractivity contribution >= 4 is 15.8 Å². The summed E-state index contributed by atoms with van der Waals surface area (Å²) in [4.78, 5) is 33.4. The molecule has 12 heteroatoms. The molecule has 0 aromatic rings. The van der Waals surface area contributed by atoms with Crippen molar-refractivity contribution in [3.05, 3.63) is 14.7 Å². The van der Waals surface area contributed by atoms with E-state index in [-0.39, 0.29) is 10.2 Å². The molecule has 0 saturated heterocycles. The Hall–Kier alpha value is -2.11. The highest BCUT2D eigenvalue weighted by Crippen LogP contribution is 1.41. The van der Waals surface area contributed by atoms with E-state index in [4.69, 9.17) is 40.2 Å². The number of hydrogen-bond donors (Lipinski definition) is 4. The van der Waals surface area contributed by atoms with Gasteiger partial charge in [0, 0.05) is 0 Å². The molecular weight excluding hydrogens is 210 g/mol. The number of carbonyl (C=O) groups is 1. The highest BCUT2D eigenvalue weighted by Gasteiger charge is 1.65. The number of rotatable bonds is 0. The smallest absolute Gasteiger partial charge is 0.257 e. The van der Waals surface area contributed by atoms with Gasteiger partial charge in [0.25, 0.3) is 5.59 Å². The minimum atomic E-state index is -0.694. The average molecular weight is 217 g/mol. The lowest BCUT2D eigenvalue weighted by atomic mass is 11.6. The zero-order valence-corrected chi connectivity index (χ0v) is 8.26. The SMILES string of the molecule is O=C(O)[SiH3].O=NO.O=NO.O=NO. The molecule has 0 unspecified atom stereocenters. The van der Waals surface area contributed by atoms with Crippen molar-refractivity contribution in [2.45, 2.75) is 0 Å². The lowest BCUT2D eigenvalue weighted by molar-refractivity contribution is 0.220. The van der Waals surface area contributed by atoms with Gasteiger partial charge in [-0.2, -0.15) is 0 Å². The summed E-state index contributed by atoms with van der Waals surface area (Å²) in [6, 6.07) is 0. The van der Waals surface area contributed by atoms with Crippen molar-refractivity contribution < 1.29 is 25.5 Å². The minimum Gasteiger partial charge on any atom is -0.486 e. The predicted octanol–water partition coefficient (Wildman–Crippen LogP) is -0.544. The van der Waals surface area contributed by atoms with Crippen LogP contribution in [0.15, 0.2) is 16.0 Å². The van der Waals surface area contributed by atoms with Gasteiger partial charge in [0.1, 0.15) is 10.2 Å². The topological polar surface area (TPSA) is 186 Å². The van der Waals surface area contributed by atoms with E-state index in [1.165, 1.54) is 16.0 Å². The molecule has 0 aliphatic carbocycles. The summed E-state index contributed by atoms with van der Waals surface area (Å²) in [6.07, 6.45) is 0. The largest absolute Gasteiger partial charge is 0.486 e. The predicted molar refractivity (Wildman–Crippen MR) is 40.7 cm³/mol. The van der Waals surface area contributed by atoms with Crippen LogP contribution in [0.2, 0.25) is 0 Å². The zero-order chi connectivity index (χ0) is 11.7. The molecule has 0 aliphatic heterocycles. The van der Waals surface area contributed by atoms with Crippen molar-refractivity contribution in [3.8, 4) is 0 Å². The average Bonchev–Trinajstić information content (AvgIpc) is 1.88. The molecule has 0 saturated carbocycles. The standard InChI is InChI=1S/CH4O2Si.3HNO2/c2-1(3)4;3*2-1-3/h4H3,(H,2,3);3*(H,2,3). The molecule has 0 aromatic carbocycles. The fourth-order valence-corrected chi connectivity index (χ4v) is 0. The maximum absolute atomic E-state index is 9.06. The molecule has 11 nitrogen and oxygen atoms in total. The molecule has 0 aliphatic rings. The van der Waals surface area contributed by atoms with Crippen molar-refractivity contribution in [1.29, 1.82) is 0 Å². The first-order valence-corrected chi connectivity index (χ1v) is 3.08. The van der Waals surface area contributed by atoms with E-state index in [0.29, 0.717) is 0 Å². The third-order valence-electron chi connectivity index (χ3n) is 0. The van der Waals surface area contributed by atoms with Crippen LogP contribution in [0.3, 0.4) is 0 Å².